The Labute approximate surface area is 65.4 Å². The molecule has 0 aromatic rings. The fraction of sp³-hybridized carbons (Fsp3) is 1.00. The van der Waals surface area contributed by atoms with Crippen LogP contribution in [0.1, 0.15) is 41.0 Å². The summed E-state index contributed by atoms with van der Waals surface area (Å²) < 4.78 is 0. The molecule has 0 N–H and O–H groups in total. The Balaban J connectivity index is 3.80. The van der Waals surface area contributed by atoms with Crippen LogP contribution >= 0.6 is 0 Å². The lowest BCUT2D eigenvalue weighted by Gasteiger charge is -2.30. The predicted octanol–water partition coefficient (Wildman–Crippen LogP) is 2.52. The average Bonchev–Trinajstić information content (AvgIpc) is 1.88. The second-order valence-electron chi connectivity index (χ2n) is 3.18. The maximum atomic E-state index is 2.51. The topological polar surface area (TPSA) is 3.24 Å². The van der Waals surface area contributed by atoms with E-state index < -0.39 is 0 Å². The molecule has 1 heteroatoms. The van der Waals surface area contributed by atoms with Crippen LogP contribution in [0.4, 0.5) is 0 Å². The summed E-state index contributed by atoms with van der Waals surface area (Å²) in [6, 6.07) is 1.44. The third-order valence-electron chi connectivity index (χ3n) is 2.19. The summed E-state index contributed by atoms with van der Waals surface area (Å²) in [6.07, 6.45) is 1.26. The third-order valence-corrected chi connectivity index (χ3v) is 2.19. The highest BCUT2D eigenvalue weighted by Gasteiger charge is 2.11. The average molecular weight is 143 g/mol. The van der Waals surface area contributed by atoms with Crippen LogP contribution in [0.2, 0.25) is 0 Å². The van der Waals surface area contributed by atoms with E-state index in [0.29, 0.717) is 6.04 Å². The number of nitrogens with zero attached hydrogens (tertiary/aromatic N) is 1. The van der Waals surface area contributed by atoms with Gasteiger partial charge in [-0.15, -0.1) is 0 Å². The standard InChI is InChI=1S/C9H21N/c1-6-9(5)10(7-2)8(3)4/h8-9H,6-7H2,1-5H3. The molecular weight excluding hydrogens is 122 g/mol. The summed E-state index contributed by atoms with van der Waals surface area (Å²) in [5, 5.41) is 0. The molecule has 62 valence electrons. The molecule has 0 spiro atoms. The third kappa shape index (κ3) is 2.70. The van der Waals surface area contributed by atoms with Crippen molar-refractivity contribution in [2.75, 3.05) is 6.54 Å². The van der Waals surface area contributed by atoms with E-state index in [0.717, 1.165) is 6.04 Å². The minimum absolute atomic E-state index is 0.694. The Morgan fingerprint density at radius 1 is 1.10 bits per heavy atom. The van der Waals surface area contributed by atoms with Crippen LogP contribution in [0.3, 0.4) is 0 Å². The van der Waals surface area contributed by atoms with E-state index in [1.54, 1.807) is 0 Å². The smallest absolute Gasteiger partial charge is 0.00668 e. The second-order valence-corrected chi connectivity index (χ2v) is 3.18. The van der Waals surface area contributed by atoms with E-state index in [-0.39, 0.29) is 0 Å². The fourth-order valence-corrected chi connectivity index (χ4v) is 1.42. The summed E-state index contributed by atoms with van der Waals surface area (Å²) in [4.78, 5) is 2.51. The van der Waals surface area contributed by atoms with Gasteiger partial charge in [0.15, 0.2) is 0 Å². The normalized spacial score (nSPS) is 14.7. The number of rotatable bonds is 4. The van der Waals surface area contributed by atoms with Gasteiger partial charge in [-0.3, -0.25) is 4.90 Å². The van der Waals surface area contributed by atoms with Crippen LogP contribution < -0.4 is 0 Å². The van der Waals surface area contributed by atoms with Gasteiger partial charge in [-0.2, -0.15) is 0 Å². The van der Waals surface area contributed by atoms with Crippen molar-refractivity contribution in [3.8, 4) is 0 Å². The molecule has 0 rings (SSSR count). The van der Waals surface area contributed by atoms with Crippen molar-refractivity contribution in [1.29, 1.82) is 0 Å². The molecule has 1 nitrogen and oxygen atoms in total. The number of hydrogen-bond donors (Lipinski definition) is 0. The van der Waals surface area contributed by atoms with Crippen molar-refractivity contribution < 1.29 is 0 Å². The van der Waals surface area contributed by atoms with Crippen LogP contribution in [-0.4, -0.2) is 23.5 Å². The molecule has 1 unspecified atom stereocenters. The molecule has 0 aliphatic heterocycles. The van der Waals surface area contributed by atoms with Gasteiger partial charge in [0.1, 0.15) is 0 Å². The van der Waals surface area contributed by atoms with Crippen LogP contribution in [0.25, 0.3) is 0 Å². The Bertz CT molecular complexity index is 78.8. The van der Waals surface area contributed by atoms with E-state index in [2.05, 4.69) is 39.5 Å². The van der Waals surface area contributed by atoms with E-state index in [1.165, 1.54) is 13.0 Å². The van der Waals surface area contributed by atoms with Crippen molar-refractivity contribution in [2.24, 2.45) is 0 Å². The molecule has 0 amide bonds. The Morgan fingerprint density at radius 3 is 1.70 bits per heavy atom. The van der Waals surface area contributed by atoms with E-state index >= 15 is 0 Å². The van der Waals surface area contributed by atoms with Crippen molar-refractivity contribution in [2.45, 2.75) is 53.1 Å². The van der Waals surface area contributed by atoms with Gasteiger partial charge < -0.3 is 0 Å². The van der Waals surface area contributed by atoms with Crippen LogP contribution in [0.15, 0.2) is 0 Å². The summed E-state index contributed by atoms with van der Waals surface area (Å²) >= 11 is 0. The largest absolute Gasteiger partial charge is 0.299 e. The van der Waals surface area contributed by atoms with Gasteiger partial charge >= 0.3 is 0 Å². The molecule has 0 bridgehead atoms. The fourth-order valence-electron chi connectivity index (χ4n) is 1.42. The molecule has 0 aliphatic carbocycles. The maximum absolute atomic E-state index is 2.51. The first-order valence-corrected chi connectivity index (χ1v) is 4.39. The molecular formula is C9H21N. The van der Waals surface area contributed by atoms with Crippen LogP contribution in [-0.2, 0) is 0 Å². The van der Waals surface area contributed by atoms with Gasteiger partial charge in [0, 0.05) is 12.1 Å². The Hall–Kier alpha value is -0.0400. The summed E-state index contributed by atoms with van der Waals surface area (Å²) in [5.74, 6) is 0. The predicted molar refractivity (Wildman–Crippen MR) is 47.3 cm³/mol. The quantitative estimate of drug-likeness (QED) is 0.584. The monoisotopic (exact) mass is 143 g/mol. The molecule has 0 heterocycles. The van der Waals surface area contributed by atoms with Gasteiger partial charge in [0.25, 0.3) is 0 Å². The molecule has 10 heavy (non-hydrogen) atoms. The van der Waals surface area contributed by atoms with E-state index in [1.807, 2.05) is 0 Å². The first-order chi connectivity index (χ1) is 4.63. The van der Waals surface area contributed by atoms with Crippen molar-refractivity contribution in [1.82, 2.24) is 4.90 Å². The first kappa shape index (κ1) is 9.96. The zero-order valence-corrected chi connectivity index (χ0v) is 8.02. The lowest BCUT2D eigenvalue weighted by molar-refractivity contribution is 0.169. The lowest BCUT2D eigenvalue weighted by atomic mass is 10.2. The molecule has 0 fully saturated rings. The van der Waals surface area contributed by atoms with Crippen LogP contribution in [0, 0.1) is 0 Å². The Morgan fingerprint density at radius 2 is 1.60 bits per heavy atom. The molecule has 0 saturated carbocycles. The molecule has 0 radical (unpaired) electrons. The van der Waals surface area contributed by atoms with E-state index in [4.69, 9.17) is 0 Å². The zero-order valence-electron chi connectivity index (χ0n) is 8.02. The highest BCUT2D eigenvalue weighted by atomic mass is 15.2. The van der Waals surface area contributed by atoms with Gasteiger partial charge in [-0.1, -0.05) is 13.8 Å². The van der Waals surface area contributed by atoms with Crippen molar-refractivity contribution in [3.63, 3.8) is 0 Å². The van der Waals surface area contributed by atoms with Gasteiger partial charge in [-0.05, 0) is 33.7 Å². The minimum Gasteiger partial charge on any atom is -0.299 e. The Kier molecular flexibility index (Phi) is 4.71. The molecule has 0 aromatic carbocycles. The summed E-state index contributed by atoms with van der Waals surface area (Å²) in [7, 11) is 0. The second kappa shape index (κ2) is 4.73. The zero-order chi connectivity index (χ0) is 8.15. The summed E-state index contributed by atoms with van der Waals surface area (Å²) in [5.41, 5.74) is 0. The maximum Gasteiger partial charge on any atom is 0.00668 e. The molecule has 0 aliphatic rings. The highest BCUT2D eigenvalue weighted by Crippen LogP contribution is 2.06. The van der Waals surface area contributed by atoms with Gasteiger partial charge in [0.05, 0.1) is 0 Å². The van der Waals surface area contributed by atoms with Crippen molar-refractivity contribution in [3.05, 3.63) is 0 Å². The highest BCUT2D eigenvalue weighted by molar-refractivity contribution is 4.67. The van der Waals surface area contributed by atoms with Gasteiger partial charge in [-0.25, -0.2) is 0 Å². The number of hydrogen-bond acceptors (Lipinski definition) is 1. The molecule has 0 saturated heterocycles. The summed E-state index contributed by atoms with van der Waals surface area (Å²) in [6.45, 7) is 12.5. The van der Waals surface area contributed by atoms with Crippen LogP contribution in [0.5, 0.6) is 0 Å². The first-order valence-electron chi connectivity index (χ1n) is 4.39. The minimum atomic E-state index is 0.694. The van der Waals surface area contributed by atoms with Crippen molar-refractivity contribution >= 4 is 0 Å². The van der Waals surface area contributed by atoms with E-state index in [9.17, 15) is 0 Å². The SMILES string of the molecule is CCC(C)N(CC)C(C)C. The molecule has 0 aromatic heterocycles. The van der Waals surface area contributed by atoms with Gasteiger partial charge in [0.2, 0.25) is 0 Å². The molecule has 1 atom stereocenters. The lowest BCUT2D eigenvalue weighted by Crippen LogP contribution is -2.37.